The van der Waals surface area contributed by atoms with Gasteiger partial charge in [0, 0.05) is 6.61 Å². The minimum Gasteiger partial charge on any atom is -0.378 e. The molecule has 2 N–H and O–H groups in total. The second kappa shape index (κ2) is 18.8. The largest absolute Gasteiger partial charge is 0.378 e. The van der Waals surface area contributed by atoms with E-state index in [9.17, 15) is 14.4 Å². The number of ether oxygens (including phenoxy) is 1. The zero-order valence-corrected chi connectivity index (χ0v) is 19.9. The Hall–Kier alpha value is 0.110. The van der Waals surface area contributed by atoms with Gasteiger partial charge in [-0.3, -0.25) is 4.57 Å². The lowest BCUT2D eigenvalue weighted by Gasteiger charge is -2.18. The fourth-order valence-electron chi connectivity index (χ4n) is 4.40. The second-order valence-electron chi connectivity index (χ2n) is 9.20. The lowest BCUT2D eigenvalue weighted by molar-refractivity contribution is 0.0547. The first-order valence-electron chi connectivity index (χ1n) is 12.7. The molecule has 0 aromatic carbocycles. The van der Waals surface area contributed by atoms with Crippen molar-refractivity contribution in [2.75, 3.05) is 12.8 Å². The molecule has 1 rings (SSSR count). The van der Waals surface area contributed by atoms with Crippen LogP contribution in [0.4, 0.5) is 0 Å². The lowest BCUT2D eigenvalue weighted by atomic mass is 10.0. The first-order valence-corrected chi connectivity index (χ1v) is 14.5. The second-order valence-corrected chi connectivity index (χ2v) is 10.9. The fraction of sp³-hybridized carbons (Fsp3) is 1.00. The summed E-state index contributed by atoms with van der Waals surface area (Å²) in [6, 6.07) is 0. The van der Waals surface area contributed by atoms with Gasteiger partial charge in [-0.15, -0.1) is 0 Å². The van der Waals surface area contributed by atoms with Gasteiger partial charge in [-0.05, 0) is 12.8 Å². The van der Waals surface area contributed by atoms with Crippen LogP contribution in [0.25, 0.3) is 0 Å². The van der Waals surface area contributed by atoms with Crippen molar-refractivity contribution in [1.82, 2.24) is 0 Å². The van der Waals surface area contributed by atoms with E-state index in [1.165, 1.54) is 109 Å². The van der Waals surface area contributed by atoms with E-state index in [1.54, 1.807) is 0 Å². The zero-order chi connectivity index (χ0) is 21.0. The van der Waals surface area contributed by atoms with Crippen LogP contribution in [0.2, 0.25) is 0 Å². The van der Waals surface area contributed by atoms with Crippen LogP contribution in [0.3, 0.4) is 0 Å². The minimum absolute atomic E-state index is 0.118. The van der Waals surface area contributed by atoms with Gasteiger partial charge in [0.15, 0.2) is 0 Å². The van der Waals surface area contributed by atoms with Crippen molar-refractivity contribution in [3.05, 3.63) is 0 Å². The molecule has 0 aromatic rings. The Balaban J connectivity index is 2.27. The molecule has 1 saturated heterocycles. The van der Waals surface area contributed by atoms with E-state index in [4.69, 9.17) is 4.74 Å². The smallest absolute Gasteiger partial charge is 0.328 e. The Labute approximate surface area is 180 Å². The van der Waals surface area contributed by atoms with E-state index in [-0.39, 0.29) is 12.3 Å². The normalized spacial score (nSPS) is 25.1. The first kappa shape index (κ1) is 27.1. The Bertz CT molecular complexity index is 372. The highest BCUT2D eigenvalue weighted by Gasteiger charge is 2.21. The molecule has 0 bridgehead atoms. The summed E-state index contributed by atoms with van der Waals surface area (Å²) in [5, 5.41) is 0. The van der Waals surface area contributed by atoms with Gasteiger partial charge >= 0.3 is 7.60 Å². The van der Waals surface area contributed by atoms with E-state index in [2.05, 4.69) is 0 Å². The van der Waals surface area contributed by atoms with Crippen LogP contribution in [0.15, 0.2) is 0 Å². The van der Waals surface area contributed by atoms with Crippen LogP contribution in [0.1, 0.15) is 135 Å². The third kappa shape index (κ3) is 19.8. The average Bonchev–Trinajstić information content (AvgIpc) is 2.66. The van der Waals surface area contributed by atoms with E-state index < -0.39 is 7.60 Å². The summed E-state index contributed by atoms with van der Waals surface area (Å²) in [6.07, 6.45) is 26.6. The predicted molar refractivity (Wildman–Crippen MR) is 124 cm³/mol. The quantitative estimate of drug-likeness (QED) is 0.438. The lowest BCUT2D eigenvalue weighted by Crippen LogP contribution is -2.19. The zero-order valence-electron chi connectivity index (χ0n) is 19.0. The molecule has 1 heterocycles. The maximum absolute atomic E-state index is 11.4. The SMILES string of the molecule is O=P(O)(O)CC1CCCCCCCCCCCCCCCCCCCCCCO1. The van der Waals surface area contributed by atoms with Gasteiger partial charge in [-0.1, -0.05) is 122 Å². The number of hydrogen-bond donors (Lipinski definition) is 2. The maximum atomic E-state index is 11.4. The standard InChI is InChI=1S/C24H49O4P/c25-29(26,27)23-24-21-19-17-15-13-11-9-7-5-3-1-2-4-6-8-10-12-14-16-18-20-22-28-24/h24H,1-23H2,(H2,25,26,27). The Kier molecular flexibility index (Phi) is 17.6. The molecule has 1 aliphatic heterocycles. The Morgan fingerprint density at radius 3 is 1.21 bits per heavy atom. The summed E-state index contributed by atoms with van der Waals surface area (Å²) in [4.78, 5) is 18.7. The van der Waals surface area contributed by atoms with Crippen molar-refractivity contribution in [3.63, 3.8) is 0 Å². The molecule has 29 heavy (non-hydrogen) atoms. The summed E-state index contributed by atoms with van der Waals surface area (Å²) in [7, 11) is -4.00. The first-order chi connectivity index (χ1) is 14.1. The molecule has 1 fully saturated rings. The molecule has 0 aromatic heterocycles. The van der Waals surface area contributed by atoms with Gasteiger partial charge in [0.25, 0.3) is 0 Å². The fourth-order valence-corrected chi connectivity index (χ4v) is 5.22. The average molecular weight is 433 g/mol. The molecule has 1 aliphatic rings. The summed E-state index contributed by atoms with van der Waals surface area (Å²) in [6.45, 7) is 0.644. The molecule has 4 nitrogen and oxygen atoms in total. The molecule has 1 unspecified atom stereocenters. The molecule has 174 valence electrons. The summed E-state index contributed by atoms with van der Waals surface area (Å²) in [5.74, 6) is 0. The van der Waals surface area contributed by atoms with Crippen molar-refractivity contribution >= 4 is 7.60 Å². The van der Waals surface area contributed by atoms with E-state index in [0.717, 1.165) is 25.7 Å². The van der Waals surface area contributed by atoms with Crippen molar-refractivity contribution in [2.24, 2.45) is 0 Å². The number of rotatable bonds is 2. The molecule has 5 heteroatoms. The van der Waals surface area contributed by atoms with Crippen LogP contribution in [0.5, 0.6) is 0 Å². The predicted octanol–water partition coefficient (Wildman–Crippen LogP) is 7.76. The van der Waals surface area contributed by atoms with Gasteiger partial charge in [0.1, 0.15) is 0 Å². The van der Waals surface area contributed by atoms with Crippen LogP contribution >= 0.6 is 7.60 Å². The van der Waals surface area contributed by atoms with E-state index >= 15 is 0 Å². The van der Waals surface area contributed by atoms with Crippen molar-refractivity contribution < 1.29 is 19.1 Å². The third-order valence-electron chi connectivity index (χ3n) is 6.22. The topological polar surface area (TPSA) is 66.8 Å². The van der Waals surface area contributed by atoms with Crippen molar-refractivity contribution in [1.29, 1.82) is 0 Å². The van der Waals surface area contributed by atoms with Crippen LogP contribution < -0.4 is 0 Å². The van der Waals surface area contributed by atoms with Gasteiger partial charge in [-0.2, -0.15) is 0 Å². The highest BCUT2D eigenvalue weighted by Crippen LogP contribution is 2.36. The molecular formula is C24H49O4P. The third-order valence-corrected chi connectivity index (χ3v) is 7.10. The summed E-state index contributed by atoms with van der Waals surface area (Å²) < 4.78 is 17.3. The molecule has 0 amide bonds. The van der Waals surface area contributed by atoms with E-state index in [0.29, 0.717) is 6.61 Å². The van der Waals surface area contributed by atoms with Crippen LogP contribution in [-0.2, 0) is 9.30 Å². The van der Waals surface area contributed by atoms with Gasteiger partial charge in [-0.25, -0.2) is 0 Å². The number of hydrogen-bond acceptors (Lipinski definition) is 2. The molecular weight excluding hydrogens is 383 g/mol. The molecule has 0 radical (unpaired) electrons. The Morgan fingerprint density at radius 2 is 0.862 bits per heavy atom. The molecule has 0 aliphatic carbocycles. The summed E-state index contributed by atoms with van der Waals surface area (Å²) >= 11 is 0. The van der Waals surface area contributed by atoms with Crippen molar-refractivity contribution in [2.45, 2.75) is 141 Å². The van der Waals surface area contributed by atoms with Crippen LogP contribution in [0, 0.1) is 0 Å². The van der Waals surface area contributed by atoms with Crippen LogP contribution in [-0.4, -0.2) is 28.7 Å². The highest BCUT2D eigenvalue weighted by molar-refractivity contribution is 7.51. The van der Waals surface area contributed by atoms with Gasteiger partial charge in [0.2, 0.25) is 0 Å². The Morgan fingerprint density at radius 1 is 0.552 bits per heavy atom. The minimum atomic E-state index is -4.00. The summed E-state index contributed by atoms with van der Waals surface area (Å²) in [5.41, 5.74) is 0. The molecule has 1 atom stereocenters. The molecule has 0 saturated carbocycles. The van der Waals surface area contributed by atoms with Gasteiger partial charge in [0.05, 0.1) is 12.3 Å². The van der Waals surface area contributed by atoms with E-state index in [1.807, 2.05) is 0 Å². The van der Waals surface area contributed by atoms with Gasteiger partial charge < -0.3 is 14.5 Å². The molecule has 0 spiro atoms. The highest BCUT2D eigenvalue weighted by atomic mass is 31.2. The maximum Gasteiger partial charge on any atom is 0.328 e. The monoisotopic (exact) mass is 432 g/mol. The van der Waals surface area contributed by atoms with Crippen molar-refractivity contribution in [3.8, 4) is 0 Å².